The lowest BCUT2D eigenvalue weighted by Crippen LogP contribution is -2.06. The summed E-state index contributed by atoms with van der Waals surface area (Å²) in [7, 11) is 0. The summed E-state index contributed by atoms with van der Waals surface area (Å²) in [5.41, 5.74) is 0. The summed E-state index contributed by atoms with van der Waals surface area (Å²) in [6.07, 6.45) is 3.65. The molecule has 54 valence electrons. The van der Waals surface area contributed by atoms with Crippen LogP contribution in [0.5, 0.6) is 0 Å². The highest BCUT2D eigenvalue weighted by Gasteiger charge is 2.03. The van der Waals surface area contributed by atoms with Gasteiger partial charge in [-0.25, -0.2) is 0 Å². The van der Waals surface area contributed by atoms with Gasteiger partial charge >= 0.3 is 0 Å². The smallest absolute Gasteiger partial charge is 0.0517 e. The minimum atomic E-state index is -0.187. The number of allylic oxidation sites excluding steroid dienone is 1. The third-order valence-corrected chi connectivity index (χ3v) is 1.50. The minimum absolute atomic E-state index is 0.187. The molecule has 2 atom stereocenters. The molecule has 0 aliphatic carbocycles. The number of hydrogen-bond donors (Lipinski definition) is 1. The van der Waals surface area contributed by atoms with Crippen molar-refractivity contribution in [3.63, 3.8) is 0 Å². The standard InChI is InChI=1S/C8H16O/c1-4-8(5-2)6-7(3)9/h4,7-9H,1,5-6H2,2-3H3. The largest absolute Gasteiger partial charge is 0.393 e. The number of hydrogen-bond acceptors (Lipinski definition) is 1. The van der Waals surface area contributed by atoms with Crippen molar-refractivity contribution in [3.05, 3.63) is 12.7 Å². The van der Waals surface area contributed by atoms with Gasteiger partial charge in [0, 0.05) is 0 Å². The van der Waals surface area contributed by atoms with Crippen molar-refractivity contribution in [2.24, 2.45) is 5.92 Å². The van der Waals surface area contributed by atoms with Crippen molar-refractivity contribution in [1.82, 2.24) is 0 Å². The Morgan fingerprint density at radius 3 is 2.33 bits per heavy atom. The first-order chi connectivity index (χ1) is 4.20. The fraction of sp³-hybridized carbons (Fsp3) is 0.750. The monoisotopic (exact) mass is 128 g/mol. The Labute approximate surface area is 57.4 Å². The van der Waals surface area contributed by atoms with Crippen LogP contribution in [0.1, 0.15) is 26.7 Å². The molecule has 0 aromatic heterocycles. The molecule has 1 N–H and O–H groups in total. The molecule has 0 heterocycles. The Morgan fingerprint density at radius 1 is 1.67 bits per heavy atom. The zero-order valence-electron chi connectivity index (χ0n) is 6.30. The molecular weight excluding hydrogens is 112 g/mol. The summed E-state index contributed by atoms with van der Waals surface area (Å²) in [6.45, 7) is 7.59. The second-order valence-electron chi connectivity index (χ2n) is 2.49. The molecule has 0 spiro atoms. The lowest BCUT2D eigenvalue weighted by molar-refractivity contribution is 0.168. The number of aliphatic hydroxyl groups excluding tert-OH is 1. The third kappa shape index (κ3) is 4.22. The molecule has 0 fully saturated rings. The molecule has 0 rings (SSSR count). The van der Waals surface area contributed by atoms with Crippen LogP contribution >= 0.6 is 0 Å². The highest BCUT2D eigenvalue weighted by atomic mass is 16.3. The first-order valence-corrected chi connectivity index (χ1v) is 3.51. The van der Waals surface area contributed by atoms with Crippen LogP contribution in [0.25, 0.3) is 0 Å². The summed E-state index contributed by atoms with van der Waals surface area (Å²) in [4.78, 5) is 0. The predicted octanol–water partition coefficient (Wildman–Crippen LogP) is 1.97. The fourth-order valence-corrected chi connectivity index (χ4v) is 0.868. The lowest BCUT2D eigenvalue weighted by Gasteiger charge is -2.10. The van der Waals surface area contributed by atoms with E-state index in [0.717, 1.165) is 12.8 Å². The molecule has 0 aromatic carbocycles. The van der Waals surface area contributed by atoms with Crippen molar-refractivity contribution >= 4 is 0 Å². The van der Waals surface area contributed by atoms with E-state index in [-0.39, 0.29) is 6.10 Å². The third-order valence-electron chi connectivity index (χ3n) is 1.50. The highest BCUT2D eigenvalue weighted by molar-refractivity contribution is 4.78. The van der Waals surface area contributed by atoms with Gasteiger partial charge in [-0.15, -0.1) is 6.58 Å². The van der Waals surface area contributed by atoms with Crippen molar-refractivity contribution < 1.29 is 5.11 Å². The second kappa shape index (κ2) is 4.57. The number of aliphatic hydroxyl groups is 1. The van der Waals surface area contributed by atoms with Crippen molar-refractivity contribution in [2.45, 2.75) is 32.8 Å². The number of rotatable bonds is 4. The molecule has 0 aromatic rings. The summed E-state index contributed by atoms with van der Waals surface area (Å²) >= 11 is 0. The molecular formula is C8H16O. The van der Waals surface area contributed by atoms with Gasteiger partial charge in [0.05, 0.1) is 6.10 Å². The van der Waals surface area contributed by atoms with Gasteiger partial charge in [0.1, 0.15) is 0 Å². The van der Waals surface area contributed by atoms with E-state index < -0.39 is 0 Å². The van der Waals surface area contributed by atoms with E-state index in [1.807, 2.05) is 13.0 Å². The van der Waals surface area contributed by atoms with Gasteiger partial charge in [-0.1, -0.05) is 13.0 Å². The topological polar surface area (TPSA) is 20.2 Å². The van der Waals surface area contributed by atoms with E-state index in [1.54, 1.807) is 0 Å². The molecule has 1 nitrogen and oxygen atoms in total. The molecule has 0 radical (unpaired) electrons. The Balaban J connectivity index is 3.42. The average molecular weight is 128 g/mol. The minimum Gasteiger partial charge on any atom is -0.393 e. The van der Waals surface area contributed by atoms with Gasteiger partial charge in [-0.3, -0.25) is 0 Å². The van der Waals surface area contributed by atoms with Gasteiger partial charge in [0.15, 0.2) is 0 Å². The van der Waals surface area contributed by atoms with Gasteiger partial charge in [-0.05, 0) is 25.7 Å². The van der Waals surface area contributed by atoms with Crippen LogP contribution in [0, 0.1) is 5.92 Å². The first-order valence-electron chi connectivity index (χ1n) is 3.51. The fourth-order valence-electron chi connectivity index (χ4n) is 0.868. The summed E-state index contributed by atoms with van der Waals surface area (Å²) in [5, 5.41) is 8.94. The van der Waals surface area contributed by atoms with Crippen LogP contribution < -0.4 is 0 Å². The van der Waals surface area contributed by atoms with Crippen LogP contribution in [0.3, 0.4) is 0 Å². The lowest BCUT2D eigenvalue weighted by atomic mass is 10.00. The van der Waals surface area contributed by atoms with Gasteiger partial charge < -0.3 is 5.11 Å². The Bertz CT molecular complexity index is 76.6. The quantitative estimate of drug-likeness (QED) is 0.574. The van der Waals surface area contributed by atoms with Crippen LogP contribution in [0.4, 0.5) is 0 Å². The van der Waals surface area contributed by atoms with E-state index in [2.05, 4.69) is 13.5 Å². The van der Waals surface area contributed by atoms with Crippen molar-refractivity contribution in [3.8, 4) is 0 Å². The van der Waals surface area contributed by atoms with E-state index in [4.69, 9.17) is 5.11 Å². The van der Waals surface area contributed by atoms with Crippen LogP contribution in [-0.4, -0.2) is 11.2 Å². The maximum absolute atomic E-state index is 8.94. The Hall–Kier alpha value is -0.300. The van der Waals surface area contributed by atoms with Crippen LogP contribution in [0.15, 0.2) is 12.7 Å². The van der Waals surface area contributed by atoms with Crippen molar-refractivity contribution in [2.75, 3.05) is 0 Å². The zero-order chi connectivity index (χ0) is 7.28. The van der Waals surface area contributed by atoms with E-state index >= 15 is 0 Å². The molecule has 0 aliphatic rings. The molecule has 0 amide bonds. The summed E-state index contributed by atoms with van der Waals surface area (Å²) in [6, 6.07) is 0. The maximum atomic E-state index is 8.94. The van der Waals surface area contributed by atoms with Crippen LogP contribution in [-0.2, 0) is 0 Å². The molecule has 0 aliphatic heterocycles. The second-order valence-corrected chi connectivity index (χ2v) is 2.49. The van der Waals surface area contributed by atoms with Gasteiger partial charge in [-0.2, -0.15) is 0 Å². The Kier molecular flexibility index (Phi) is 4.41. The van der Waals surface area contributed by atoms with E-state index in [0.29, 0.717) is 5.92 Å². The molecule has 1 heteroatoms. The van der Waals surface area contributed by atoms with Gasteiger partial charge in [0.25, 0.3) is 0 Å². The predicted molar refractivity (Wildman–Crippen MR) is 40.3 cm³/mol. The maximum Gasteiger partial charge on any atom is 0.0517 e. The summed E-state index contributed by atoms with van der Waals surface area (Å²) in [5.74, 6) is 0.491. The zero-order valence-corrected chi connectivity index (χ0v) is 6.30. The Morgan fingerprint density at radius 2 is 2.22 bits per heavy atom. The molecule has 0 bridgehead atoms. The van der Waals surface area contributed by atoms with E-state index in [9.17, 15) is 0 Å². The summed E-state index contributed by atoms with van der Waals surface area (Å²) < 4.78 is 0. The molecule has 0 saturated carbocycles. The van der Waals surface area contributed by atoms with Crippen LogP contribution in [0.2, 0.25) is 0 Å². The normalized spacial score (nSPS) is 16.8. The SMILES string of the molecule is C=CC(CC)CC(C)O. The molecule has 0 saturated heterocycles. The molecule has 2 unspecified atom stereocenters. The van der Waals surface area contributed by atoms with Crippen molar-refractivity contribution in [1.29, 1.82) is 0 Å². The molecule has 9 heavy (non-hydrogen) atoms. The van der Waals surface area contributed by atoms with Gasteiger partial charge in [0.2, 0.25) is 0 Å². The first kappa shape index (κ1) is 8.70. The average Bonchev–Trinajstić information content (AvgIpc) is 1.82. The highest BCUT2D eigenvalue weighted by Crippen LogP contribution is 2.10. The van der Waals surface area contributed by atoms with E-state index in [1.165, 1.54) is 0 Å².